The summed E-state index contributed by atoms with van der Waals surface area (Å²) < 4.78 is 13.0. The van der Waals surface area contributed by atoms with E-state index >= 15 is 0 Å². The van der Waals surface area contributed by atoms with Crippen LogP contribution in [0, 0.1) is 5.82 Å². The fourth-order valence-electron chi connectivity index (χ4n) is 3.04. The number of rotatable bonds is 5. The SMILES string of the molecule is CCN(C(=O)CN1CCCC(O)C1)C(C)c1ccc(F)cc1. The minimum absolute atomic E-state index is 0.0495. The molecule has 1 aliphatic rings. The minimum atomic E-state index is -0.328. The lowest BCUT2D eigenvalue weighted by molar-refractivity contribution is -0.135. The highest BCUT2D eigenvalue weighted by Gasteiger charge is 2.24. The molecule has 1 aromatic carbocycles. The first-order chi connectivity index (χ1) is 10.5. The lowest BCUT2D eigenvalue weighted by Gasteiger charge is -2.34. The second kappa shape index (κ2) is 7.70. The molecule has 0 aromatic heterocycles. The molecule has 2 unspecified atom stereocenters. The van der Waals surface area contributed by atoms with Crippen molar-refractivity contribution in [1.82, 2.24) is 9.80 Å². The van der Waals surface area contributed by atoms with Gasteiger partial charge >= 0.3 is 0 Å². The second-order valence-electron chi connectivity index (χ2n) is 5.94. The number of nitrogens with zero attached hydrogens (tertiary/aromatic N) is 2. The molecule has 0 bridgehead atoms. The maximum absolute atomic E-state index is 13.0. The number of amides is 1. The fourth-order valence-corrected chi connectivity index (χ4v) is 3.04. The Balaban J connectivity index is 2.00. The summed E-state index contributed by atoms with van der Waals surface area (Å²) in [6.07, 6.45) is 1.41. The topological polar surface area (TPSA) is 43.8 Å². The Morgan fingerprint density at radius 1 is 1.45 bits per heavy atom. The standard InChI is InChI=1S/C17H25FN2O2/c1-3-20(13(2)14-6-8-15(18)9-7-14)17(22)12-19-10-4-5-16(21)11-19/h6-9,13,16,21H,3-5,10-12H2,1-2H3. The van der Waals surface area contributed by atoms with Crippen LogP contribution in [-0.2, 0) is 4.79 Å². The first-order valence-electron chi connectivity index (χ1n) is 7.96. The third kappa shape index (κ3) is 4.27. The molecule has 1 fully saturated rings. The molecular formula is C17H25FN2O2. The van der Waals surface area contributed by atoms with E-state index in [9.17, 15) is 14.3 Å². The molecule has 2 atom stereocenters. The molecule has 1 saturated heterocycles. The van der Waals surface area contributed by atoms with E-state index in [4.69, 9.17) is 0 Å². The van der Waals surface area contributed by atoms with Crippen molar-refractivity contribution in [3.63, 3.8) is 0 Å². The number of benzene rings is 1. The van der Waals surface area contributed by atoms with Crippen LogP contribution in [0.25, 0.3) is 0 Å². The number of carbonyl (C=O) groups is 1. The maximum Gasteiger partial charge on any atom is 0.237 e. The van der Waals surface area contributed by atoms with E-state index in [0.717, 1.165) is 24.9 Å². The molecule has 1 aromatic rings. The maximum atomic E-state index is 13.0. The number of β-amino-alcohol motifs (C(OH)–C–C–N with tert-alkyl or cyclic N) is 1. The highest BCUT2D eigenvalue weighted by molar-refractivity contribution is 5.78. The molecule has 1 amide bonds. The molecule has 1 heterocycles. The molecule has 5 heteroatoms. The van der Waals surface area contributed by atoms with Crippen molar-refractivity contribution in [3.8, 4) is 0 Å². The van der Waals surface area contributed by atoms with Crippen LogP contribution < -0.4 is 0 Å². The largest absolute Gasteiger partial charge is 0.392 e. The molecule has 0 spiro atoms. The number of aliphatic hydroxyl groups excluding tert-OH is 1. The summed E-state index contributed by atoms with van der Waals surface area (Å²) in [4.78, 5) is 16.4. The number of hydrogen-bond donors (Lipinski definition) is 1. The van der Waals surface area contributed by atoms with E-state index < -0.39 is 0 Å². The summed E-state index contributed by atoms with van der Waals surface area (Å²) in [5.41, 5.74) is 0.926. The summed E-state index contributed by atoms with van der Waals surface area (Å²) in [6, 6.07) is 6.20. The molecule has 0 aliphatic carbocycles. The van der Waals surface area contributed by atoms with Gasteiger partial charge in [-0.05, 0) is 50.9 Å². The summed E-state index contributed by atoms with van der Waals surface area (Å²) in [5, 5.41) is 9.70. The van der Waals surface area contributed by atoms with Crippen molar-refractivity contribution in [2.24, 2.45) is 0 Å². The lowest BCUT2D eigenvalue weighted by Crippen LogP contribution is -2.46. The van der Waals surface area contributed by atoms with Gasteiger partial charge in [0.05, 0.1) is 18.7 Å². The zero-order valence-corrected chi connectivity index (χ0v) is 13.3. The lowest BCUT2D eigenvalue weighted by atomic mass is 10.1. The second-order valence-corrected chi connectivity index (χ2v) is 5.94. The van der Waals surface area contributed by atoms with Crippen molar-refractivity contribution in [3.05, 3.63) is 35.6 Å². The third-order valence-corrected chi connectivity index (χ3v) is 4.32. The van der Waals surface area contributed by atoms with Crippen LogP contribution >= 0.6 is 0 Å². The van der Waals surface area contributed by atoms with Crippen LogP contribution in [0.5, 0.6) is 0 Å². The van der Waals surface area contributed by atoms with Gasteiger partial charge in [-0.15, -0.1) is 0 Å². The number of piperidine rings is 1. The van der Waals surface area contributed by atoms with E-state index in [-0.39, 0.29) is 23.9 Å². The Hall–Kier alpha value is -1.46. The van der Waals surface area contributed by atoms with Gasteiger partial charge in [0.1, 0.15) is 5.82 Å². The molecule has 1 aliphatic heterocycles. The van der Waals surface area contributed by atoms with E-state index in [2.05, 4.69) is 0 Å². The molecule has 2 rings (SSSR count). The van der Waals surface area contributed by atoms with Crippen LogP contribution in [-0.4, -0.2) is 53.1 Å². The van der Waals surface area contributed by atoms with E-state index in [0.29, 0.717) is 19.6 Å². The zero-order valence-electron chi connectivity index (χ0n) is 13.3. The van der Waals surface area contributed by atoms with Crippen molar-refractivity contribution >= 4 is 5.91 Å². The summed E-state index contributed by atoms with van der Waals surface area (Å²) >= 11 is 0. The van der Waals surface area contributed by atoms with Crippen molar-refractivity contribution in [2.45, 2.75) is 38.8 Å². The summed E-state index contributed by atoms with van der Waals surface area (Å²) in [6.45, 7) is 6.26. The Labute approximate surface area is 131 Å². The first-order valence-corrected chi connectivity index (χ1v) is 7.96. The predicted molar refractivity (Wildman–Crippen MR) is 83.9 cm³/mol. The van der Waals surface area contributed by atoms with Gasteiger partial charge in [0.25, 0.3) is 0 Å². The van der Waals surface area contributed by atoms with E-state index in [1.54, 1.807) is 17.0 Å². The van der Waals surface area contributed by atoms with Crippen LogP contribution in [0.3, 0.4) is 0 Å². The monoisotopic (exact) mass is 308 g/mol. The molecule has 1 N–H and O–H groups in total. The molecular weight excluding hydrogens is 283 g/mol. The smallest absolute Gasteiger partial charge is 0.237 e. The Morgan fingerprint density at radius 3 is 2.73 bits per heavy atom. The van der Waals surface area contributed by atoms with Gasteiger partial charge in [0.2, 0.25) is 5.91 Å². The number of halogens is 1. The molecule has 122 valence electrons. The van der Waals surface area contributed by atoms with Gasteiger partial charge in [-0.2, -0.15) is 0 Å². The highest BCUT2D eigenvalue weighted by Crippen LogP contribution is 2.21. The van der Waals surface area contributed by atoms with Crippen molar-refractivity contribution in [1.29, 1.82) is 0 Å². The van der Waals surface area contributed by atoms with Gasteiger partial charge in [-0.1, -0.05) is 12.1 Å². The Bertz CT molecular complexity index is 492. The molecule has 4 nitrogen and oxygen atoms in total. The molecule has 0 saturated carbocycles. The van der Waals surface area contributed by atoms with Gasteiger partial charge in [0, 0.05) is 13.1 Å². The number of hydrogen-bond acceptors (Lipinski definition) is 3. The van der Waals surface area contributed by atoms with Crippen LogP contribution in [0.15, 0.2) is 24.3 Å². The number of likely N-dealkylation sites (tertiary alicyclic amines) is 1. The van der Waals surface area contributed by atoms with Crippen LogP contribution in [0.4, 0.5) is 4.39 Å². The van der Waals surface area contributed by atoms with Crippen LogP contribution in [0.1, 0.15) is 38.3 Å². The Morgan fingerprint density at radius 2 is 2.14 bits per heavy atom. The van der Waals surface area contributed by atoms with Gasteiger partial charge < -0.3 is 10.0 Å². The number of aliphatic hydroxyl groups is 1. The van der Waals surface area contributed by atoms with Gasteiger partial charge in [0.15, 0.2) is 0 Å². The summed E-state index contributed by atoms with van der Waals surface area (Å²) in [5.74, 6) is -0.221. The van der Waals surface area contributed by atoms with Gasteiger partial charge in [-0.3, -0.25) is 9.69 Å². The normalized spacial score (nSPS) is 20.6. The average molecular weight is 308 g/mol. The first kappa shape index (κ1) is 16.9. The van der Waals surface area contributed by atoms with Crippen LogP contribution in [0.2, 0.25) is 0 Å². The number of carbonyl (C=O) groups excluding carboxylic acids is 1. The molecule has 0 radical (unpaired) electrons. The van der Waals surface area contributed by atoms with E-state index in [1.807, 2.05) is 18.7 Å². The summed E-state index contributed by atoms with van der Waals surface area (Å²) in [7, 11) is 0. The quantitative estimate of drug-likeness (QED) is 0.907. The fraction of sp³-hybridized carbons (Fsp3) is 0.588. The minimum Gasteiger partial charge on any atom is -0.392 e. The third-order valence-electron chi connectivity index (χ3n) is 4.32. The number of likely N-dealkylation sites (N-methyl/N-ethyl adjacent to an activating group) is 1. The highest BCUT2D eigenvalue weighted by atomic mass is 19.1. The van der Waals surface area contributed by atoms with E-state index in [1.165, 1.54) is 12.1 Å². The zero-order chi connectivity index (χ0) is 16.1. The van der Waals surface area contributed by atoms with Crippen molar-refractivity contribution in [2.75, 3.05) is 26.2 Å². The van der Waals surface area contributed by atoms with Gasteiger partial charge in [-0.25, -0.2) is 4.39 Å². The molecule has 22 heavy (non-hydrogen) atoms. The van der Waals surface area contributed by atoms with Crippen molar-refractivity contribution < 1.29 is 14.3 Å². The average Bonchev–Trinajstić information content (AvgIpc) is 2.48. The predicted octanol–water partition coefficient (Wildman–Crippen LogP) is 2.19. The Kier molecular flexibility index (Phi) is 5.91.